The summed E-state index contributed by atoms with van der Waals surface area (Å²) < 4.78 is 5.81. The lowest BCUT2D eigenvalue weighted by Gasteiger charge is -2.26. The quantitative estimate of drug-likeness (QED) is 0.589. The first-order valence-electron chi connectivity index (χ1n) is 9.17. The summed E-state index contributed by atoms with van der Waals surface area (Å²) in [6, 6.07) is 8.32. The standard InChI is InChI=1S/C19H30N2O3S/c22-11-13-25-16-19(23)20-8-5-12-24-18-7-4-6-17(14-18)15-21-9-2-1-3-10-21/h4,6-7,14,22H,1-3,5,8-13,15-16H2,(H,20,23). The number of piperidine rings is 1. The monoisotopic (exact) mass is 366 g/mol. The van der Waals surface area contributed by atoms with E-state index in [1.54, 1.807) is 0 Å². The lowest BCUT2D eigenvalue weighted by molar-refractivity contribution is -0.118. The van der Waals surface area contributed by atoms with Crippen LogP contribution in [0.3, 0.4) is 0 Å². The number of likely N-dealkylation sites (tertiary alicyclic amines) is 1. The van der Waals surface area contributed by atoms with Gasteiger partial charge in [-0.2, -0.15) is 0 Å². The number of ether oxygens (including phenoxy) is 1. The molecule has 0 aliphatic carbocycles. The van der Waals surface area contributed by atoms with E-state index >= 15 is 0 Å². The minimum Gasteiger partial charge on any atom is -0.494 e. The Morgan fingerprint density at radius 1 is 1.28 bits per heavy atom. The van der Waals surface area contributed by atoms with E-state index in [1.807, 2.05) is 6.07 Å². The third-order valence-corrected chi connectivity index (χ3v) is 5.07. The van der Waals surface area contributed by atoms with Crippen molar-refractivity contribution >= 4 is 17.7 Å². The van der Waals surface area contributed by atoms with Gasteiger partial charge in [-0.15, -0.1) is 11.8 Å². The smallest absolute Gasteiger partial charge is 0.229 e. The lowest BCUT2D eigenvalue weighted by Crippen LogP contribution is -2.29. The Kier molecular flexibility index (Phi) is 9.77. The number of benzene rings is 1. The van der Waals surface area contributed by atoms with E-state index in [1.165, 1.54) is 49.7 Å². The average molecular weight is 367 g/mol. The maximum absolute atomic E-state index is 11.5. The molecule has 0 bridgehead atoms. The summed E-state index contributed by atoms with van der Waals surface area (Å²) in [4.78, 5) is 14.0. The summed E-state index contributed by atoms with van der Waals surface area (Å²) >= 11 is 1.44. The fourth-order valence-electron chi connectivity index (χ4n) is 2.88. The van der Waals surface area contributed by atoms with Crippen molar-refractivity contribution in [3.05, 3.63) is 29.8 Å². The topological polar surface area (TPSA) is 61.8 Å². The van der Waals surface area contributed by atoms with Crippen molar-refractivity contribution in [2.24, 2.45) is 0 Å². The molecule has 2 N–H and O–H groups in total. The summed E-state index contributed by atoms with van der Waals surface area (Å²) in [6.45, 7) is 4.72. The number of thioether (sulfide) groups is 1. The van der Waals surface area contributed by atoms with E-state index < -0.39 is 0 Å². The molecular weight excluding hydrogens is 336 g/mol. The Hall–Kier alpha value is -1.24. The second kappa shape index (κ2) is 12.2. The molecule has 1 aromatic carbocycles. The van der Waals surface area contributed by atoms with Crippen LogP contribution in [-0.4, -0.2) is 60.3 Å². The van der Waals surface area contributed by atoms with Crippen molar-refractivity contribution in [2.75, 3.05) is 44.4 Å². The van der Waals surface area contributed by atoms with Crippen LogP contribution in [-0.2, 0) is 11.3 Å². The van der Waals surface area contributed by atoms with Crippen LogP contribution < -0.4 is 10.1 Å². The number of nitrogens with one attached hydrogen (secondary N) is 1. The molecule has 1 saturated heterocycles. The largest absolute Gasteiger partial charge is 0.494 e. The molecule has 0 saturated carbocycles. The average Bonchev–Trinajstić information content (AvgIpc) is 2.63. The van der Waals surface area contributed by atoms with Crippen LogP contribution in [0.1, 0.15) is 31.2 Å². The van der Waals surface area contributed by atoms with Gasteiger partial charge in [0.15, 0.2) is 0 Å². The summed E-state index contributed by atoms with van der Waals surface area (Å²) in [5, 5.41) is 11.5. The van der Waals surface area contributed by atoms with Crippen LogP contribution in [0, 0.1) is 0 Å². The normalized spacial score (nSPS) is 15.1. The van der Waals surface area contributed by atoms with E-state index in [0.29, 0.717) is 24.7 Å². The number of rotatable bonds is 11. The maximum Gasteiger partial charge on any atom is 0.229 e. The zero-order valence-corrected chi connectivity index (χ0v) is 15.7. The minimum absolute atomic E-state index is 0.0157. The maximum atomic E-state index is 11.5. The first-order chi connectivity index (χ1) is 12.3. The van der Waals surface area contributed by atoms with Crippen molar-refractivity contribution in [3.8, 4) is 5.75 Å². The number of aliphatic hydroxyl groups excluding tert-OH is 1. The summed E-state index contributed by atoms with van der Waals surface area (Å²) in [5.41, 5.74) is 1.30. The van der Waals surface area contributed by atoms with Gasteiger partial charge in [-0.1, -0.05) is 18.6 Å². The van der Waals surface area contributed by atoms with Crippen molar-refractivity contribution in [3.63, 3.8) is 0 Å². The molecule has 1 amide bonds. The van der Waals surface area contributed by atoms with E-state index in [4.69, 9.17) is 9.84 Å². The highest BCUT2D eigenvalue weighted by atomic mass is 32.2. The Bertz CT molecular complexity index is 507. The molecule has 1 aromatic rings. The van der Waals surface area contributed by atoms with Gasteiger partial charge >= 0.3 is 0 Å². The molecule has 0 spiro atoms. The molecule has 1 heterocycles. The van der Waals surface area contributed by atoms with Crippen molar-refractivity contribution < 1.29 is 14.6 Å². The van der Waals surface area contributed by atoms with E-state index in [0.717, 1.165) is 18.7 Å². The fraction of sp³-hybridized carbons (Fsp3) is 0.632. The number of carbonyl (C=O) groups excluding carboxylic acids is 1. The number of hydrogen-bond donors (Lipinski definition) is 2. The zero-order chi connectivity index (χ0) is 17.7. The van der Waals surface area contributed by atoms with Gasteiger partial charge in [0, 0.05) is 18.8 Å². The Morgan fingerprint density at radius 2 is 2.12 bits per heavy atom. The van der Waals surface area contributed by atoms with Gasteiger partial charge in [0.1, 0.15) is 5.75 Å². The second-order valence-corrected chi connectivity index (χ2v) is 7.42. The molecule has 1 aliphatic heterocycles. The van der Waals surface area contributed by atoms with Crippen LogP contribution in [0.5, 0.6) is 5.75 Å². The molecular formula is C19H30N2O3S. The van der Waals surface area contributed by atoms with Gasteiger partial charge in [0.2, 0.25) is 5.91 Å². The molecule has 5 nitrogen and oxygen atoms in total. The van der Waals surface area contributed by atoms with Gasteiger partial charge in [-0.05, 0) is 50.0 Å². The predicted octanol–water partition coefficient (Wildman–Crippen LogP) is 2.28. The third kappa shape index (κ3) is 8.61. The van der Waals surface area contributed by atoms with Crippen LogP contribution in [0.25, 0.3) is 0 Å². The molecule has 0 aromatic heterocycles. The SMILES string of the molecule is O=C(CSCCO)NCCCOc1cccc(CN2CCCCC2)c1. The highest BCUT2D eigenvalue weighted by Gasteiger charge is 2.10. The number of aliphatic hydroxyl groups is 1. The predicted molar refractivity (Wildman–Crippen MR) is 103 cm³/mol. The van der Waals surface area contributed by atoms with Gasteiger partial charge in [-0.25, -0.2) is 0 Å². The number of hydrogen-bond acceptors (Lipinski definition) is 5. The van der Waals surface area contributed by atoms with E-state index in [9.17, 15) is 4.79 Å². The van der Waals surface area contributed by atoms with Gasteiger partial charge < -0.3 is 15.2 Å². The first kappa shape index (κ1) is 20.1. The van der Waals surface area contributed by atoms with Crippen molar-refractivity contribution in [1.82, 2.24) is 10.2 Å². The minimum atomic E-state index is 0.0157. The molecule has 1 fully saturated rings. The lowest BCUT2D eigenvalue weighted by atomic mass is 10.1. The summed E-state index contributed by atoms with van der Waals surface area (Å²) in [7, 11) is 0. The van der Waals surface area contributed by atoms with Crippen LogP contribution in [0.4, 0.5) is 0 Å². The molecule has 25 heavy (non-hydrogen) atoms. The molecule has 1 aliphatic rings. The fourth-order valence-corrected chi connectivity index (χ4v) is 3.44. The second-order valence-electron chi connectivity index (χ2n) is 6.31. The van der Waals surface area contributed by atoms with Crippen LogP contribution in [0.15, 0.2) is 24.3 Å². The molecule has 2 rings (SSSR count). The molecule has 0 radical (unpaired) electrons. The Morgan fingerprint density at radius 3 is 2.92 bits per heavy atom. The summed E-state index contributed by atoms with van der Waals surface area (Å²) in [5.74, 6) is 1.92. The number of amides is 1. The Labute approximate surface area is 155 Å². The zero-order valence-electron chi connectivity index (χ0n) is 14.9. The van der Waals surface area contributed by atoms with Crippen LogP contribution >= 0.6 is 11.8 Å². The third-order valence-electron chi connectivity index (χ3n) is 4.13. The molecule has 0 unspecified atom stereocenters. The highest BCUT2D eigenvalue weighted by molar-refractivity contribution is 7.99. The summed E-state index contributed by atoms with van der Waals surface area (Å²) in [6.07, 6.45) is 4.75. The Balaban J connectivity index is 1.60. The van der Waals surface area contributed by atoms with Gasteiger partial charge in [-0.3, -0.25) is 9.69 Å². The van der Waals surface area contributed by atoms with Crippen molar-refractivity contribution in [1.29, 1.82) is 0 Å². The highest BCUT2D eigenvalue weighted by Crippen LogP contribution is 2.17. The van der Waals surface area contributed by atoms with Crippen LogP contribution in [0.2, 0.25) is 0 Å². The molecule has 0 atom stereocenters. The van der Waals surface area contributed by atoms with E-state index in [-0.39, 0.29) is 12.5 Å². The molecule has 6 heteroatoms. The number of nitrogens with zero attached hydrogens (tertiary/aromatic N) is 1. The van der Waals surface area contributed by atoms with Gasteiger partial charge in [0.05, 0.1) is 19.0 Å². The molecule has 140 valence electrons. The number of carbonyl (C=O) groups is 1. The van der Waals surface area contributed by atoms with Gasteiger partial charge in [0.25, 0.3) is 0 Å². The first-order valence-corrected chi connectivity index (χ1v) is 10.3. The van der Waals surface area contributed by atoms with E-state index in [2.05, 4.69) is 28.4 Å². The van der Waals surface area contributed by atoms with Crippen molar-refractivity contribution in [2.45, 2.75) is 32.2 Å².